The van der Waals surface area contributed by atoms with E-state index in [2.05, 4.69) is 323 Å². The molecule has 0 radical (unpaired) electrons. The normalized spacial score (nSPS) is 11.6. The first-order valence-electron chi connectivity index (χ1n) is 27.6. The fraction of sp³-hybridized carbons (Fsp3) is 0.0263. The van der Waals surface area contributed by atoms with Gasteiger partial charge in [-0.2, -0.15) is 0 Å². The highest BCUT2D eigenvalue weighted by Gasteiger charge is 2.20. The molecule has 0 saturated carbocycles. The smallest absolute Gasteiger partial charge is 0.0547 e. The lowest BCUT2D eigenvalue weighted by Crippen LogP contribution is -2.10. The summed E-state index contributed by atoms with van der Waals surface area (Å²) in [6.07, 6.45) is 0. The lowest BCUT2D eigenvalue weighted by molar-refractivity contribution is 0.868. The third-order valence-corrected chi connectivity index (χ3v) is 16.3. The first kappa shape index (κ1) is 46.8. The lowest BCUT2D eigenvalue weighted by Gasteiger charge is -2.26. The summed E-state index contributed by atoms with van der Waals surface area (Å²) in [5, 5.41) is 9.96. The Balaban J connectivity index is 0.752. The first-order chi connectivity index (χ1) is 39.6. The molecule has 0 fully saturated rings. The molecule has 0 N–H and O–H groups in total. The topological polar surface area (TPSA) is 16.3 Å². The van der Waals surface area contributed by atoms with E-state index in [1.807, 2.05) is 0 Å². The molecule has 4 nitrogen and oxygen atoms in total. The van der Waals surface area contributed by atoms with Crippen molar-refractivity contribution in [3.8, 4) is 39.1 Å². The second-order valence-electron chi connectivity index (χ2n) is 21.0. The predicted octanol–water partition coefficient (Wildman–Crippen LogP) is 20.5. The van der Waals surface area contributed by atoms with E-state index in [1.54, 1.807) is 0 Å². The van der Waals surface area contributed by atoms with Gasteiger partial charge in [-0.3, -0.25) is 0 Å². The van der Waals surface area contributed by atoms with Crippen molar-refractivity contribution in [2.75, 3.05) is 16.8 Å². The molecule has 80 heavy (non-hydrogen) atoms. The monoisotopic (exact) mass is 1020 g/mol. The summed E-state index contributed by atoms with van der Waals surface area (Å²) >= 11 is 0. The van der Waals surface area contributed by atoms with Crippen molar-refractivity contribution >= 4 is 93.6 Å². The number of aromatic nitrogens is 2. The molecule has 15 rings (SSSR count). The van der Waals surface area contributed by atoms with E-state index in [0.29, 0.717) is 0 Å². The van der Waals surface area contributed by atoms with Crippen LogP contribution in [-0.2, 0) is 6.54 Å². The Labute approximate surface area is 465 Å². The maximum atomic E-state index is 2.51. The zero-order chi connectivity index (χ0) is 53.1. The summed E-state index contributed by atoms with van der Waals surface area (Å²) in [6, 6.07) is 109. The van der Waals surface area contributed by atoms with Crippen LogP contribution in [0.15, 0.2) is 297 Å². The number of rotatable bonds is 11. The highest BCUT2D eigenvalue weighted by Crippen LogP contribution is 2.43. The van der Waals surface area contributed by atoms with Crippen LogP contribution in [0.5, 0.6) is 0 Å². The van der Waals surface area contributed by atoms with Gasteiger partial charge in [0.25, 0.3) is 0 Å². The Kier molecular flexibility index (Phi) is 11.4. The molecule has 2 heterocycles. The van der Waals surface area contributed by atoms with Crippen LogP contribution in [0.25, 0.3) is 104 Å². The molecule has 13 aromatic carbocycles. The molecule has 0 aliphatic rings. The number of benzene rings is 13. The third-order valence-electron chi connectivity index (χ3n) is 16.3. The van der Waals surface area contributed by atoms with Crippen molar-refractivity contribution in [1.82, 2.24) is 9.13 Å². The number of anilines is 5. The SMILES string of the molecule is CN(c1ccc(-c2ccc3c(c2)c2cc4ccccc4cc2n3-c2ccc(-c3ccccc3)cc2)cc1)c1cccc(Cn2c3ccc(N(c4ccccc4)c4ccc(-c5ccccc5)cc4)cc3c3c4ccccc4ccc32)c1. The van der Waals surface area contributed by atoms with Crippen molar-refractivity contribution in [1.29, 1.82) is 0 Å². The van der Waals surface area contributed by atoms with E-state index in [0.717, 1.165) is 40.7 Å². The molecule has 0 unspecified atom stereocenters. The molecule has 0 aliphatic heterocycles. The zero-order valence-electron chi connectivity index (χ0n) is 44.3. The second kappa shape index (κ2) is 19.5. The molecule has 0 spiro atoms. The van der Waals surface area contributed by atoms with Crippen molar-refractivity contribution < 1.29 is 0 Å². The van der Waals surface area contributed by atoms with Crippen LogP contribution in [0.2, 0.25) is 0 Å². The number of hydrogen-bond acceptors (Lipinski definition) is 2. The highest BCUT2D eigenvalue weighted by molar-refractivity contribution is 6.21. The maximum Gasteiger partial charge on any atom is 0.0547 e. The van der Waals surface area contributed by atoms with Gasteiger partial charge in [-0.05, 0) is 170 Å². The van der Waals surface area contributed by atoms with Crippen LogP contribution in [0.1, 0.15) is 5.56 Å². The molecule has 378 valence electrons. The molecular formula is C76H54N4. The molecule has 0 amide bonds. The van der Waals surface area contributed by atoms with Gasteiger partial charge in [0.15, 0.2) is 0 Å². The number of hydrogen-bond donors (Lipinski definition) is 0. The van der Waals surface area contributed by atoms with Gasteiger partial charge in [0.05, 0.1) is 16.6 Å². The van der Waals surface area contributed by atoms with Gasteiger partial charge in [0.1, 0.15) is 0 Å². The summed E-state index contributed by atoms with van der Waals surface area (Å²) in [6.45, 7) is 0.718. The van der Waals surface area contributed by atoms with Crippen molar-refractivity contribution in [3.05, 3.63) is 303 Å². The van der Waals surface area contributed by atoms with Crippen molar-refractivity contribution in [3.63, 3.8) is 0 Å². The average molecular weight is 1020 g/mol. The van der Waals surface area contributed by atoms with Crippen LogP contribution in [0, 0.1) is 0 Å². The Hall–Kier alpha value is -10.4. The molecule has 0 saturated heterocycles. The summed E-state index contributed by atoms with van der Waals surface area (Å²) in [4.78, 5) is 4.68. The van der Waals surface area contributed by atoms with E-state index in [1.165, 1.54) is 104 Å². The Morgan fingerprint density at radius 3 is 1.51 bits per heavy atom. The fourth-order valence-corrected chi connectivity index (χ4v) is 12.3. The molecule has 4 heteroatoms. The second-order valence-corrected chi connectivity index (χ2v) is 21.0. The summed E-state index contributed by atoms with van der Waals surface area (Å²) < 4.78 is 4.93. The van der Waals surface area contributed by atoms with E-state index in [-0.39, 0.29) is 0 Å². The summed E-state index contributed by atoms with van der Waals surface area (Å²) in [5.74, 6) is 0. The van der Waals surface area contributed by atoms with Crippen LogP contribution in [0.4, 0.5) is 28.4 Å². The van der Waals surface area contributed by atoms with E-state index in [4.69, 9.17) is 0 Å². The van der Waals surface area contributed by atoms with Crippen LogP contribution >= 0.6 is 0 Å². The lowest BCUT2D eigenvalue weighted by atomic mass is 10.0. The number of nitrogens with zero attached hydrogens (tertiary/aromatic N) is 4. The predicted molar refractivity (Wildman–Crippen MR) is 340 cm³/mol. The van der Waals surface area contributed by atoms with Crippen LogP contribution in [0.3, 0.4) is 0 Å². The third kappa shape index (κ3) is 8.25. The van der Waals surface area contributed by atoms with E-state index < -0.39 is 0 Å². The van der Waals surface area contributed by atoms with Gasteiger partial charge >= 0.3 is 0 Å². The molecule has 0 atom stereocenters. The highest BCUT2D eigenvalue weighted by atomic mass is 15.1. The minimum absolute atomic E-state index is 0.718. The molecule has 0 aliphatic carbocycles. The standard InChI is InChI=1S/C76H54N4/c1-77(62-36-28-57(29-37-62)61-35-43-73-69(48-61)70-47-59-22-11-12-23-60(59)49-75(70)80(73)65-40-32-56(33-41-65)54-19-7-3-8-20-54)66-26-15-16-52(46-66)51-78-72-45-42-67(50-71(72)76-68-27-14-13-21-58(68)34-44-74(76)78)79(63-24-9-4-10-25-63)64-38-30-55(31-39-64)53-17-5-2-6-18-53/h2-50H,51H2,1H3. The van der Waals surface area contributed by atoms with E-state index >= 15 is 0 Å². The summed E-state index contributed by atoms with van der Waals surface area (Å²) in [7, 11) is 2.17. The minimum Gasteiger partial charge on any atom is -0.345 e. The quantitative estimate of drug-likeness (QED) is 0.128. The zero-order valence-corrected chi connectivity index (χ0v) is 44.3. The average Bonchev–Trinajstić information content (AvgIpc) is 4.04. The summed E-state index contributed by atoms with van der Waals surface area (Å²) in [5.41, 5.74) is 20.0. The van der Waals surface area contributed by atoms with Crippen LogP contribution in [-0.4, -0.2) is 16.2 Å². The molecule has 2 aromatic heterocycles. The Morgan fingerprint density at radius 2 is 0.800 bits per heavy atom. The van der Waals surface area contributed by atoms with Gasteiger partial charge in [0, 0.05) is 74.8 Å². The Morgan fingerprint density at radius 1 is 0.287 bits per heavy atom. The van der Waals surface area contributed by atoms with Gasteiger partial charge in [0.2, 0.25) is 0 Å². The van der Waals surface area contributed by atoms with Crippen molar-refractivity contribution in [2.45, 2.75) is 6.54 Å². The number of para-hydroxylation sites is 1. The molecular weight excluding hydrogens is 969 g/mol. The van der Waals surface area contributed by atoms with Gasteiger partial charge in [-0.25, -0.2) is 0 Å². The molecule has 15 aromatic rings. The number of fused-ring (bicyclic) bond motifs is 9. The first-order valence-corrected chi connectivity index (χ1v) is 27.6. The van der Waals surface area contributed by atoms with E-state index in [9.17, 15) is 0 Å². The molecule has 0 bridgehead atoms. The minimum atomic E-state index is 0.718. The van der Waals surface area contributed by atoms with Gasteiger partial charge in [-0.1, -0.05) is 188 Å². The Bertz CT molecular complexity index is 4770. The fourth-order valence-electron chi connectivity index (χ4n) is 12.3. The van der Waals surface area contributed by atoms with Crippen LogP contribution < -0.4 is 9.80 Å². The maximum absolute atomic E-state index is 2.51. The van der Waals surface area contributed by atoms with Gasteiger partial charge in [-0.15, -0.1) is 0 Å². The largest absolute Gasteiger partial charge is 0.345 e. The van der Waals surface area contributed by atoms with Crippen molar-refractivity contribution in [2.24, 2.45) is 0 Å². The van der Waals surface area contributed by atoms with Gasteiger partial charge < -0.3 is 18.9 Å².